The number of aliphatic hydroxyl groups excluding tert-OH is 5. The lowest BCUT2D eigenvalue weighted by Crippen LogP contribution is -2.60. The number of carbonyl (C=O) groups excluding carboxylic acids is 2. The van der Waals surface area contributed by atoms with Crippen LogP contribution in [0.15, 0.2) is 36.5 Å². The molecule has 1 fully saturated rings. The second kappa shape index (κ2) is 63.4. The molecule has 0 saturated carbocycles. The summed E-state index contributed by atoms with van der Waals surface area (Å²) in [6.07, 6.45) is 71.6. The van der Waals surface area contributed by atoms with Crippen molar-refractivity contribution in [2.24, 2.45) is 0 Å². The van der Waals surface area contributed by atoms with Crippen LogP contribution in [0.4, 0.5) is 0 Å². The first kappa shape index (κ1) is 80.9. The Morgan fingerprint density at radius 1 is 0.435 bits per heavy atom. The minimum atomic E-state index is -1.57. The molecule has 0 spiro atoms. The van der Waals surface area contributed by atoms with Crippen molar-refractivity contribution in [2.45, 2.75) is 403 Å². The van der Waals surface area contributed by atoms with Crippen molar-refractivity contribution in [2.75, 3.05) is 19.8 Å². The van der Waals surface area contributed by atoms with E-state index in [9.17, 15) is 35.1 Å². The Hall–Kier alpha value is -2.12. The lowest BCUT2D eigenvalue weighted by molar-refractivity contribution is -0.302. The number of unbranched alkanes of at least 4 members (excludes halogenated alkanes) is 47. The number of ether oxygens (including phenoxy) is 3. The van der Waals surface area contributed by atoms with Crippen molar-refractivity contribution in [1.82, 2.24) is 5.32 Å². The summed E-state index contributed by atoms with van der Waals surface area (Å²) in [5.41, 5.74) is 0. The fourth-order valence-corrected chi connectivity index (χ4v) is 11.7. The molecule has 1 saturated heterocycles. The Morgan fingerprint density at radius 3 is 1.19 bits per heavy atom. The summed E-state index contributed by atoms with van der Waals surface area (Å²) >= 11 is 0. The molecule has 0 aliphatic carbocycles. The van der Waals surface area contributed by atoms with Gasteiger partial charge >= 0.3 is 5.97 Å². The van der Waals surface area contributed by atoms with E-state index in [1.54, 1.807) is 6.08 Å². The number of rotatable bonds is 65. The zero-order valence-electron chi connectivity index (χ0n) is 55.6. The number of aliphatic hydroxyl groups is 5. The molecular weight excluding hydrogens is 1060 g/mol. The molecule has 7 unspecified atom stereocenters. The van der Waals surface area contributed by atoms with Gasteiger partial charge in [0.25, 0.3) is 0 Å². The van der Waals surface area contributed by atoms with Crippen LogP contribution in [0.1, 0.15) is 361 Å². The van der Waals surface area contributed by atoms with E-state index in [1.165, 1.54) is 270 Å². The zero-order valence-corrected chi connectivity index (χ0v) is 55.6. The molecule has 11 nitrogen and oxygen atoms in total. The molecule has 0 aromatic heterocycles. The van der Waals surface area contributed by atoms with Crippen molar-refractivity contribution in [3.63, 3.8) is 0 Å². The molecule has 11 heteroatoms. The van der Waals surface area contributed by atoms with E-state index in [0.29, 0.717) is 19.4 Å². The molecule has 1 rings (SSSR count). The van der Waals surface area contributed by atoms with E-state index in [-0.39, 0.29) is 18.5 Å². The molecule has 1 amide bonds. The lowest BCUT2D eigenvalue weighted by atomic mass is 9.99. The Balaban J connectivity index is 1.91. The SMILES string of the molecule is CCCCCCCCC/C=C/C(O)C(COC1OC(CO)C(O)C(O)C1O)NC(=O)CCCCCCCCCCCCCCC/C=C\C/C=C\CCCCCCCCCCCOC(=O)CCCCCCCCCCCCCCCCCCCCC. The maximum absolute atomic E-state index is 13.0. The van der Waals surface area contributed by atoms with Gasteiger partial charge in [-0.05, 0) is 64.2 Å². The summed E-state index contributed by atoms with van der Waals surface area (Å²) in [5.74, 6) is -0.175. The molecule has 1 aliphatic heterocycles. The molecule has 1 aliphatic rings. The van der Waals surface area contributed by atoms with Crippen LogP contribution in [-0.2, 0) is 23.8 Å². The summed E-state index contributed by atoms with van der Waals surface area (Å²) in [5, 5.41) is 54.3. The predicted octanol–water partition coefficient (Wildman–Crippen LogP) is 19.0. The van der Waals surface area contributed by atoms with E-state index < -0.39 is 49.5 Å². The van der Waals surface area contributed by atoms with Crippen molar-refractivity contribution >= 4 is 11.9 Å². The van der Waals surface area contributed by atoms with Crippen LogP contribution in [0.5, 0.6) is 0 Å². The van der Waals surface area contributed by atoms with Crippen LogP contribution in [0, 0.1) is 0 Å². The van der Waals surface area contributed by atoms with Crippen LogP contribution in [-0.4, -0.2) is 100 Å². The summed E-state index contributed by atoms with van der Waals surface area (Å²) in [6.45, 7) is 4.35. The molecule has 85 heavy (non-hydrogen) atoms. The number of esters is 1. The summed E-state index contributed by atoms with van der Waals surface area (Å²) < 4.78 is 16.7. The van der Waals surface area contributed by atoms with Crippen LogP contribution < -0.4 is 5.32 Å². The molecular formula is C74H139NO10. The largest absolute Gasteiger partial charge is 0.466 e. The number of amides is 1. The highest BCUT2D eigenvalue weighted by molar-refractivity contribution is 5.76. The Kier molecular flexibility index (Phi) is 60.4. The second-order valence-corrected chi connectivity index (χ2v) is 25.7. The van der Waals surface area contributed by atoms with Crippen molar-refractivity contribution in [1.29, 1.82) is 0 Å². The minimum Gasteiger partial charge on any atom is -0.466 e. The van der Waals surface area contributed by atoms with Crippen molar-refractivity contribution < 1.29 is 49.3 Å². The number of hydrogen-bond donors (Lipinski definition) is 6. The maximum atomic E-state index is 13.0. The molecule has 0 bridgehead atoms. The topological polar surface area (TPSA) is 175 Å². The van der Waals surface area contributed by atoms with E-state index in [0.717, 1.165) is 64.2 Å². The van der Waals surface area contributed by atoms with Gasteiger partial charge in [-0.25, -0.2) is 0 Å². The first-order valence-electron chi connectivity index (χ1n) is 36.8. The number of nitrogens with one attached hydrogen (secondary N) is 1. The van der Waals surface area contributed by atoms with Crippen molar-refractivity contribution in [3.05, 3.63) is 36.5 Å². The van der Waals surface area contributed by atoms with Gasteiger partial charge in [0.2, 0.25) is 5.91 Å². The number of hydrogen-bond acceptors (Lipinski definition) is 10. The number of allylic oxidation sites excluding steroid dienone is 5. The van der Waals surface area contributed by atoms with Gasteiger partial charge in [0, 0.05) is 12.8 Å². The van der Waals surface area contributed by atoms with Crippen molar-refractivity contribution in [3.8, 4) is 0 Å². The average molecular weight is 1200 g/mol. The van der Waals surface area contributed by atoms with Gasteiger partial charge in [0.05, 0.1) is 32.0 Å². The fraction of sp³-hybridized carbons (Fsp3) is 0.892. The highest BCUT2D eigenvalue weighted by Crippen LogP contribution is 2.23. The van der Waals surface area contributed by atoms with Gasteiger partial charge in [-0.2, -0.15) is 0 Å². The van der Waals surface area contributed by atoms with Crippen LogP contribution in [0.25, 0.3) is 0 Å². The quantitative estimate of drug-likeness (QED) is 0.0195. The van der Waals surface area contributed by atoms with E-state index in [1.807, 2.05) is 6.08 Å². The van der Waals surface area contributed by atoms with Gasteiger partial charge in [0.15, 0.2) is 6.29 Å². The van der Waals surface area contributed by atoms with Gasteiger partial charge in [0.1, 0.15) is 24.4 Å². The summed E-state index contributed by atoms with van der Waals surface area (Å²) in [4.78, 5) is 25.1. The standard InChI is InChI=1S/C74H139NO10/c1-3-5-7-9-11-13-14-15-16-17-29-33-36-39-42-46-50-54-58-62-70(79)83-63-59-55-51-47-43-40-37-34-31-28-26-24-22-20-18-19-21-23-25-27-30-32-35-38-41-45-49-53-57-61-69(78)75-66(67(77)60-56-52-48-44-12-10-8-6-4-2)65-84-74-73(82)72(81)71(80)68(64-76)85-74/h18,20,24,26,56,60,66-68,71-74,76-77,80-82H,3-17,19,21-23,25,27-55,57-59,61-65H2,1-2H3,(H,75,78)/b20-18-,26-24-,60-56+. The molecule has 0 radical (unpaired) electrons. The maximum Gasteiger partial charge on any atom is 0.305 e. The average Bonchev–Trinajstić information content (AvgIpc) is 3.66. The highest BCUT2D eigenvalue weighted by Gasteiger charge is 2.44. The molecule has 0 aromatic carbocycles. The molecule has 0 aromatic rings. The Bertz CT molecular complexity index is 1510. The smallest absolute Gasteiger partial charge is 0.305 e. The van der Waals surface area contributed by atoms with Crippen LogP contribution in [0.3, 0.4) is 0 Å². The van der Waals surface area contributed by atoms with Gasteiger partial charge in [-0.15, -0.1) is 0 Å². The third-order valence-electron chi connectivity index (χ3n) is 17.5. The monoisotopic (exact) mass is 1200 g/mol. The van der Waals surface area contributed by atoms with E-state index in [4.69, 9.17) is 14.2 Å². The molecule has 500 valence electrons. The minimum absolute atomic E-state index is 0.00852. The Labute approximate surface area is 523 Å². The molecule has 6 N–H and O–H groups in total. The first-order valence-corrected chi connectivity index (χ1v) is 36.8. The lowest BCUT2D eigenvalue weighted by Gasteiger charge is -2.40. The molecule has 1 heterocycles. The number of carbonyl (C=O) groups is 2. The van der Waals surface area contributed by atoms with Gasteiger partial charge < -0.3 is 45.1 Å². The van der Waals surface area contributed by atoms with Crippen LogP contribution in [0.2, 0.25) is 0 Å². The summed E-state index contributed by atoms with van der Waals surface area (Å²) in [6, 6.07) is -0.810. The van der Waals surface area contributed by atoms with E-state index >= 15 is 0 Å². The summed E-state index contributed by atoms with van der Waals surface area (Å²) in [7, 11) is 0. The van der Waals surface area contributed by atoms with Crippen LogP contribution >= 0.6 is 0 Å². The molecule has 7 atom stereocenters. The normalized spacial score (nSPS) is 18.1. The third kappa shape index (κ3) is 52.4. The van der Waals surface area contributed by atoms with E-state index in [2.05, 4.69) is 43.5 Å². The second-order valence-electron chi connectivity index (χ2n) is 25.7. The fourth-order valence-electron chi connectivity index (χ4n) is 11.7. The highest BCUT2D eigenvalue weighted by atomic mass is 16.7. The van der Waals surface area contributed by atoms with Gasteiger partial charge in [-0.3, -0.25) is 9.59 Å². The Morgan fingerprint density at radius 2 is 0.788 bits per heavy atom. The zero-order chi connectivity index (χ0) is 61.6. The third-order valence-corrected chi connectivity index (χ3v) is 17.5. The predicted molar refractivity (Wildman–Crippen MR) is 357 cm³/mol. The van der Waals surface area contributed by atoms with Gasteiger partial charge in [-0.1, -0.05) is 320 Å². The first-order chi connectivity index (χ1) is 41.7.